The van der Waals surface area contributed by atoms with Crippen LogP contribution in [0.5, 0.6) is 0 Å². The Labute approximate surface area is 589 Å². The molecule has 98 heavy (non-hydrogen) atoms. The number of carbonyl (C=O) groups excluding carboxylic acids is 1. The molecule has 0 aromatic rings. The first-order valence-corrected chi connectivity index (χ1v) is 38.1. The molecule has 3 aliphatic heterocycles. The minimum atomic E-state index is -1.98. The van der Waals surface area contributed by atoms with E-state index in [4.69, 9.17) is 28.4 Å². The first-order valence-electron chi connectivity index (χ1n) is 38.1. The van der Waals surface area contributed by atoms with Crippen molar-refractivity contribution in [1.29, 1.82) is 0 Å². The van der Waals surface area contributed by atoms with E-state index in [-0.39, 0.29) is 18.9 Å². The van der Waals surface area contributed by atoms with E-state index >= 15 is 0 Å². The molecule has 3 aliphatic rings. The zero-order valence-corrected chi connectivity index (χ0v) is 60.0. The number of hydrogen-bond acceptors (Lipinski definition) is 18. The van der Waals surface area contributed by atoms with Gasteiger partial charge in [0.2, 0.25) is 5.91 Å². The fraction of sp³-hybridized carbons (Fsp3) is 0.759. The Hall–Kier alpha value is -3.55. The number of allylic oxidation sites excluding steroid dienone is 17. The number of hydrogen-bond donors (Lipinski definition) is 12. The van der Waals surface area contributed by atoms with Crippen LogP contribution in [-0.2, 0) is 33.2 Å². The summed E-state index contributed by atoms with van der Waals surface area (Å²) in [4.78, 5) is 13.4. The van der Waals surface area contributed by atoms with Gasteiger partial charge in [0.1, 0.15) is 73.2 Å². The Balaban J connectivity index is 1.28. The molecule has 3 saturated heterocycles. The Morgan fingerprint density at radius 2 is 0.714 bits per heavy atom. The molecule has 0 aliphatic carbocycles. The third-order valence-electron chi connectivity index (χ3n) is 18.3. The molecule has 564 valence electrons. The number of aliphatic hydroxyl groups excluding tert-OH is 11. The highest BCUT2D eigenvalue weighted by Crippen LogP contribution is 2.33. The van der Waals surface area contributed by atoms with Crippen LogP contribution in [0.2, 0.25) is 0 Å². The topological polar surface area (TPSA) is 307 Å². The molecule has 3 heterocycles. The average molecular weight is 1390 g/mol. The van der Waals surface area contributed by atoms with E-state index in [2.05, 4.69) is 116 Å². The minimum absolute atomic E-state index is 0.230. The normalized spacial score (nSPS) is 27.4. The van der Waals surface area contributed by atoms with Crippen LogP contribution in [0, 0.1) is 0 Å². The monoisotopic (exact) mass is 1390 g/mol. The van der Waals surface area contributed by atoms with Crippen LogP contribution >= 0.6 is 0 Å². The molecule has 0 radical (unpaired) electrons. The zero-order chi connectivity index (χ0) is 71.1. The fourth-order valence-electron chi connectivity index (χ4n) is 12.2. The lowest BCUT2D eigenvalue weighted by atomic mass is 9.96. The number of ether oxygens (including phenoxy) is 6. The number of amides is 1. The van der Waals surface area contributed by atoms with Gasteiger partial charge in [0.25, 0.3) is 0 Å². The highest BCUT2D eigenvalue weighted by molar-refractivity contribution is 5.76. The maximum Gasteiger partial charge on any atom is 0.220 e. The molecule has 0 spiro atoms. The smallest absolute Gasteiger partial charge is 0.220 e. The number of rotatable bonds is 58. The quantitative estimate of drug-likeness (QED) is 0.0199. The first kappa shape index (κ1) is 88.7. The van der Waals surface area contributed by atoms with Gasteiger partial charge in [0, 0.05) is 6.42 Å². The Kier molecular flexibility index (Phi) is 53.3. The summed E-state index contributed by atoms with van der Waals surface area (Å²) in [6.07, 6.45) is 54.0. The first-order chi connectivity index (χ1) is 47.8. The van der Waals surface area contributed by atoms with Crippen molar-refractivity contribution in [1.82, 2.24) is 5.32 Å². The summed E-state index contributed by atoms with van der Waals surface area (Å²) in [6.45, 7) is 1.53. The van der Waals surface area contributed by atoms with Gasteiger partial charge in [0.15, 0.2) is 18.9 Å². The second kappa shape index (κ2) is 58.9. The third-order valence-corrected chi connectivity index (χ3v) is 18.3. The van der Waals surface area contributed by atoms with Gasteiger partial charge >= 0.3 is 0 Å². The van der Waals surface area contributed by atoms with Crippen molar-refractivity contribution in [2.75, 3.05) is 26.4 Å². The van der Waals surface area contributed by atoms with Crippen molar-refractivity contribution in [3.05, 3.63) is 109 Å². The average Bonchev–Trinajstić information content (AvgIpc) is 0.785. The maximum absolute atomic E-state index is 13.4. The summed E-state index contributed by atoms with van der Waals surface area (Å²) in [5, 5.41) is 120. The van der Waals surface area contributed by atoms with Gasteiger partial charge in [0.05, 0.1) is 38.6 Å². The largest absolute Gasteiger partial charge is 0.394 e. The molecule has 0 bridgehead atoms. The molecule has 19 heteroatoms. The molecule has 12 N–H and O–H groups in total. The summed E-state index contributed by atoms with van der Waals surface area (Å²) in [5.41, 5.74) is 0. The Morgan fingerprint density at radius 1 is 0.378 bits per heavy atom. The lowest BCUT2D eigenvalue weighted by Gasteiger charge is -2.48. The van der Waals surface area contributed by atoms with Gasteiger partial charge in [-0.3, -0.25) is 4.79 Å². The summed E-state index contributed by atoms with van der Waals surface area (Å²) in [6, 6.07) is -0.999. The molecular formula is C79H135NO18. The summed E-state index contributed by atoms with van der Waals surface area (Å²) in [7, 11) is 0. The van der Waals surface area contributed by atoms with Crippen molar-refractivity contribution in [2.45, 2.75) is 356 Å². The fourth-order valence-corrected chi connectivity index (χ4v) is 12.2. The molecule has 17 atom stereocenters. The molecular weight excluding hydrogens is 1250 g/mol. The van der Waals surface area contributed by atoms with E-state index in [1.165, 1.54) is 135 Å². The zero-order valence-electron chi connectivity index (χ0n) is 60.0. The molecule has 0 saturated carbocycles. The highest BCUT2D eigenvalue weighted by Gasteiger charge is 2.53. The summed E-state index contributed by atoms with van der Waals surface area (Å²) < 4.78 is 34.3. The number of aliphatic hydroxyl groups is 11. The van der Waals surface area contributed by atoms with Gasteiger partial charge < -0.3 is 89.9 Å². The van der Waals surface area contributed by atoms with Gasteiger partial charge in [-0.25, -0.2) is 0 Å². The minimum Gasteiger partial charge on any atom is -0.394 e. The Bertz CT molecular complexity index is 2200. The van der Waals surface area contributed by atoms with Crippen LogP contribution < -0.4 is 5.32 Å². The molecule has 1 amide bonds. The molecule has 19 nitrogen and oxygen atoms in total. The van der Waals surface area contributed by atoms with Crippen molar-refractivity contribution in [3.63, 3.8) is 0 Å². The molecule has 0 aromatic carbocycles. The SMILES string of the molecule is CC/C=C\C/C=C\C/C=C\C/C=C\C/C=C\C/C=C\CCCCCCCCCCCCCCCCCCCCCCCCC(=O)NC(COC1OC(CO)C(OC2OC(CO)C(OC3OC(CO)C(O)C(O)C3O)C(O)C2O)C(O)C1O)C(O)/C=C/CC/C=C/CC/C=C/CCCC. The third kappa shape index (κ3) is 39.2. The molecule has 0 aromatic heterocycles. The number of carbonyl (C=O) groups is 1. The second-order valence-electron chi connectivity index (χ2n) is 26.7. The Morgan fingerprint density at radius 3 is 1.14 bits per heavy atom. The second-order valence-corrected chi connectivity index (χ2v) is 26.7. The van der Waals surface area contributed by atoms with Gasteiger partial charge in [-0.05, 0) is 89.9 Å². The van der Waals surface area contributed by atoms with Crippen LogP contribution in [0.1, 0.15) is 251 Å². The van der Waals surface area contributed by atoms with E-state index in [0.29, 0.717) is 12.8 Å². The van der Waals surface area contributed by atoms with E-state index in [1.54, 1.807) is 6.08 Å². The predicted molar refractivity (Wildman–Crippen MR) is 387 cm³/mol. The number of nitrogens with one attached hydrogen (secondary N) is 1. The van der Waals surface area contributed by atoms with Gasteiger partial charge in [-0.1, -0.05) is 264 Å². The summed E-state index contributed by atoms with van der Waals surface area (Å²) >= 11 is 0. The van der Waals surface area contributed by atoms with Crippen LogP contribution in [-0.4, -0.2) is 193 Å². The van der Waals surface area contributed by atoms with Crippen LogP contribution in [0.15, 0.2) is 109 Å². The maximum atomic E-state index is 13.4. The molecule has 3 rings (SSSR count). The molecule has 17 unspecified atom stereocenters. The van der Waals surface area contributed by atoms with E-state index in [1.807, 2.05) is 6.08 Å². The number of unbranched alkanes of at least 4 members (excludes halogenated alkanes) is 26. The lowest BCUT2D eigenvalue weighted by molar-refractivity contribution is -0.379. The standard InChI is InChI=1S/C79H135NO18/c1-3-5-7-9-11-13-15-17-18-19-20-21-22-23-24-25-26-27-28-29-30-31-32-33-34-35-36-37-38-39-40-41-42-43-44-45-47-49-51-53-55-57-67(85)80-62(63(84)56-54-52-50-48-46-16-14-12-10-8-6-4-2)61-93-77-73(91)70(88)75(65(59-82)95-77)98-79-74(92)71(89)76(66(60-83)96-79)97-78-72(90)69(87)68(86)64(58-81)94-78/h5,7,10-13,17-18,20-21,23-24,26-27,46,48,54,56,62-66,68-79,81-84,86-92H,3-4,6,8-9,14-16,19,22,25,28-45,47,49-53,55,57-61H2,1-2H3,(H,80,85)/b7-5-,12-10+,13-11-,18-17-,21-20-,24-23-,27-26-,48-46+,56-54+. The van der Waals surface area contributed by atoms with Crippen molar-refractivity contribution >= 4 is 5.91 Å². The lowest BCUT2D eigenvalue weighted by Crippen LogP contribution is -2.66. The van der Waals surface area contributed by atoms with Crippen molar-refractivity contribution < 1.29 is 89.4 Å². The predicted octanol–water partition coefficient (Wildman–Crippen LogP) is 11.8. The van der Waals surface area contributed by atoms with E-state index < -0.39 is 124 Å². The van der Waals surface area contributed by atoms with Crippen molar-refractivity contribution in [2.24, 2.45) is 0 Å². The van der Waals surface area contributed by atoms with Gasteiger partial charge in [-0.15, -0.1) is 0 Å². The molecule has 3 fully saturated rings. The van der Waals surface area contributed by atoms with E-state index in [9.17, 15) is 61.0 Å². The summed E-state index contributed by atoms with van der Waals surface area (Å²) in [5.74, 6) is -0.291. The van der Waals surface area contributed by atoms with Crippen LogP contribution in [0.4, 0.5) is 0 Å². The highest BCUT2D eigenvalue weighted by atomic mass is 16.8. The van der Waals surface area contributed by atoms with E-state index in [0.717, 1.165) is 83.5 Å². The van der Waals surface area contributed by atoms with Crippen LogP contribution in [0.3, 0.4) is 0 Å². The van der Waals surface area contributed by atoms with Crippen LogP contribution in [0.25, 0.3) is 0 Å². The van der Waals surface area contributed by atoms with Gasteiger partial charge in [-0.2, -0.15) is 0 Å². The van der Waals surface area contributed by atoms with Crippen molar-refractivity contribution in [3.8, 4) is 0 Å².